The largest absolute Gasteiger partial charge is 0.497 e. The Morgan fingerprint density at radius 1 is 1.14 bits per heavy atom. The number of benzene rings is 2. The number of halogens is 1. The van der Waals surface area contributed by atoms with Crippen LogP contribution in [0.25, 0.3) is 50.6 Å². The highest BCUT2D eigenvalue weighted by molar-refractivity contribution is 5.98. The van der Waals surface area contributed by atoms with Crippen LogP contribution in [-0.2, 0) is 7.05 Å². The topological polar surface area (TPSA) is 71.5 Å². The van der Waals surface area contributed by atoms with Crippen LogP contribution in [0.3, 0.4) is 0 Å². The molecule has 3 aromatic heterocycles. The van der Waals surface area contributed by atoms with Crippen molar-refractivity contribution in [3.63, 3.8) is 0 Å². The Bertz CT molecular complexity index is 1730. The van der Waals surface area contributed by atoms with Crippen molar-refractivity contribution in [2.45, 2.75) is 20.8 Å². The quantitative estimate of drug-likeness (QED) is 0.363. The molecule has 0 aliphatic heterocycles. The van der Waals surface area contributed by atoms with Gasteiger partial charge in [0.1, 0.15) is 17.3 Å². The molecule has 0 unspecified atom stereocenters. The first kappa shape index (κ1) is 23.4. The maximum absolute atomic E-state index is 14.3. The number of allylic oxidation sites excluding steroid dienone is 2. The molecule has 0 spiro atoms. The highest BCUT2D eigenvalue weighted by Gasteiger charge is 2.14. The lowest BCUT2D eigenvalue weighted by molar-refractivity contribution is 0.411. The van der Waals surface area contributed by atoms with E-state index in [1.54, 1.807) is 4.68 Å². The van der Waals surface area contributed by atoms with E-state index in [0.29, 0.717) is 5.75 Å². The Balaban J connectivity index is 1.71. The van der Waals surface area contributed by atoms with E-state index in [4.69, 9.17) is 9.84 Å². The molecule has 2 aromatic carbocycles. The zero-order chi connectivity index (χ0) is 25.4. The number of ether oxygens (including phenoxy) is 1. The molecular formula is C29H28FN5O. The first-order valence-electron chi connectivity index (χ1n) is 11.7. The lowest BCUT2D eigenvalue weighted by atomic mass is 10.0. The fourth-order valence-electron chi connectivity index (χ4n) is 4.51. The van der Waals surface area contributed by atoms with Crippen LogP contribution < -0.4 is 15.3 Å². The van der Waals surface area contributed by atoms with Crippen LogP contribution in [0.5, 0.6) is 5.75 Å². The van der Waals surface area contributed by atoms with E-state index in [2.05, 4.69) is 47.2 Å². The number of methoxy groups -OCH3 is 1. The van der Waals surface area contributed by atoms with E-state index >= 15 is 0 Å². The Morgan fingerprint density at radius 3 is 2.67 bits per heavy atom. The van der Waals surface area contributed by atoms with E-state index in [1.807, 2.05) is 50.6 Å². The van der Waals surface area contributed by atoms with E-state index in [9.17, 15) is 4.39 Å². The third-order valence-corrected chi connectivity index (χ3v) is 6.29. The van der Waals surface area contributed by atoms with Crippen LogP contribution >= 0.6 is 0 Å². The van der Waals surface area contributed by atoms with Crippen molar-refractivity contribution < 1.29 is 9.13 Å². The lowest BCUT2D eigenvalue weighted by Crippen LogP contribution is -2.25. The van der Waals surface area contributed by atoms with Crippen LogP contribution in [0.15, 0.2) is 60.9 Å². The van der Waals surface area contributed by atoms with Gasteiger partial charge in [-0.15, -0.1) is 0 Å². The number of aryl methyl sites for hydroxylation is 1. The molecule has 36 heavy (non-hydrogen) atoms. The molecule has 0 saturated heterocycles. The fourth-order valence-corrected chi connectivity index (χ4v) is 4.51. The second-order valence-electron chi connectivity index (χ2n) is 8.98. The van der Waals surface area contributed by atoms with Crippen LogP contribution in [0.4, 0.5) is 4.39 Å². The van der Waals surface area contributed by atoms with E-state index < -0.39 is 0 Å². The van der Waals surface area contributed by atoms with E-state index in [1.165, 1.54) is 19.2 Å². The lowest BCUT2D eigenvalue weighted by Gasteiger charge is -2.07. The Hall–Kier alpha value is -4.39. The molecule has 7 heteroatoms. The van der Waals surface area contributed by atoms with Gasteiger partial charge in [0, 0.05) is 41.0 Å². The number of hydrogen-bond donors (Lipinski definition) is 2. The number of H-pyrrole nitrogens is 2. The summed E-state index contributed by atoms with van der Waals surface area (Å²) in [4.78, 5) is 3.52. The summed E-state index contributed by atoms with van der Waals surface area (Å²) >= 11 is 0. The fraction of sp³-hybridized carbons (Fsp3) is 0.172. The zero-order valence-corrected chi connectivity index (χ0v) is 21.0. The monoisotopic (exact) mass is 481 g/mol. The average molecular weight is 482 g/mol. The smallest absolute Gasteiger partial charge is 0.127 e. The SMILES string of the molecule is C/C=C(\C=c1\c(-c2cc3c(-c4cc(F)cc(OC)c4)cccc3[nH]2)n[nH]c1=C(C)C)c1cnn(C)c1. The van der Waals surface area contributed by atoms with Crippen LogP contribution in [0.1, 0.15) is 26.3 Å². The molecule has 0 atom stereocenters. The molecule has 3 heterocycles. The maximum atomic E-state index is 14.3. The molecule has 0 aliphatic carbocycles. The molecule has 0 fully saturated rings. The van der Waals surface area contributed by atoms with Crippen LogP contribution in [0.2, 0.25) is 0 Å². The summed E-state index contributed by atoms with van der Waals surface area (Å²) in [6.45, 7) is 6.15. The molecule has 0 bridgehead atoms. The third kappa shape index (κ3) is 4.24. The molecule has 0 amide bonds. The summed E-state index contributed by atoms with van der Waals surface area (Å²) in [7, 11) is 3.45. The summed E-state index contributed by atoms with van der Waals surface area (Å²) in [6.07, 6.45) is 8.07. The standard InChI is InChI=1S/C29H28FN5O/c1-6-18(20-15-31-35(4)16-20)12-25-28(17(2)3)33-34-29(25)27-14-24-23(8-7-9-26(24)32-27)19-10-21(30)13-22(11-19)36-5/h6-16,32-33H,1-5H3/b18-6+,25-12+. The summed E-state index contributed by atoms with van der Waals surface area (Å²) in [5.41, 5.74) is 7.51. The van der Waals surface area contributed by atoms with Gasteiger partial charge >= 0.3 is 0 Å². The molecule has 0 saturated carbocycles. The van der Waals surface area contributed by atoms with Gasteiger partial charge in [-0.3, -0.25) is 9.78 Å². The Morgan fingerprint density at radius 2 is 1.97 bits per heavy atom. The predicted molar refractivity (Wildman–Crippen MR) is 143 cm³/mol. The zero-order valence-electron chi connectivity index (χ0n) is 21.0. The maximum Gasteiger partial charge on any atom is 0.127 e. The third-order valence-electron chi connectivity index (χ3n) is 6.29. The second kappa shape index (κ2) is 9.34. The van der Waals surface area contributed by atoms with Crippen molar-refractivity contribution in [3.05, 3.63) is 82.9 Å². The molecule has 0 radical (unpaired) electrons. The van der Waals surface area contributed by atoms with Gasteiger partial charge in [0.15, 0.2) is 0 Å². The van der Waals surface area contributed by atoms with Crippen molar-refractivity contribution in [2.24, 2.45) is 7.05 Å². The van der Waals surface area contributed by atoms with Gasteiger partial charge in [-0.1, -0.05) is 23.8 Å². The molecular weight excluding hydrogens is 453 g/mol. The number of hydrogen-bond acceptors (Lipinski definition) is 3. The highest BCUT2D eigenvalue weighted by Crippen LogP contribution is 2.33. The van der Waals surface area contributed by atoms with Gasteiger partial charge < -0.3 is 9.72 Å². The summed E-state index contributed by atoms with van der Waals surface area (Å²) < 4.78 is 21.4. The molecule has 2 N–H and O–H groups in total. The Labute approximate surface area is 208 Å². The van der Waals surface area contributed by atoms with Gasteiger partial charge in [0.2, 0.25) is 0 Å². The van der Waals surface area contributed by atoms with Gasteiger partial charge in [-0.05, 0) is 67.8 Å². The van der Waals surface area contributed by atoms with Gasteiger partial charge in [-0.2, -0.15) is 10.2 Å². The van der Waals surface area contributed by atoms with E-state index in [-0.39, 0.29) is 5.82 Å². The van der Waals surface area contributed by atoms with Crippen molar-refractivity contribution >= 4 is 28.1 Å². The van der Waals surface area contributed by atoms with Gasteiger partial charge in [0.05, 0.1) is 24.3 Å². The summed E-state index contributed by atoms with van der Waals surface area (Å²) in [5.74, 6) is 0.143. The number of fused-ring (bicyclic) bond motifs is 1. The van der Waals surface area contributed by atoms with Crippen LogP contribution in [0, 0.1) is 5.82 Å². The highest BCUT2D eigenvalue weighted by atomic mass is 19.1. The van der Waals surface area contributed by atoms with Crippen molar-refractivity contribution in [1.82, 2.24) is 25.0 Å². The number of aromatic nitrogens is 5. The summed E-state index contributed by atoms with van der Waals surface area (Å²) in [6, 6.07) is 12.8. The average Bonchev–Trinajstić information content (AvgIpc) is 3.59. The van der Waals surface area contributed by atoms with Gasteiger partial charge in [0.25, 0.3) is 0 Å². The molecule has 0 aliphatic rings. The normalized spacial score (nSPS) is 12.5. The minimum Gasteiger partial charge on any atom is -0.497 e. The predicted octanol–water partition coefficient (Wildman–Crippen LogP) is 5.18. The number of nitrogens with zero attached hydrogens (tertiary/aromatic N) is 3. The van der Waals surface area contributed by atoms with Crippen molar-refractivity contribution in [2.75, 3.05) is 7.11 Å². The number of aromatic amines is 2. The molecule has 182 valence electrons. The van der Waals surface area contributed by atoms with Gasteiger partial charge in [-0.25, -0.2) is 4.39 Å². The summed E-state index contributed by atoms with van der Waals surface area (Å²) in [5, 5.41) is 15.2. The minimum absolute atomic E-state index is 0.339. The number of nitrogens with one attached hydrogen (secondary N) is 2. The van der Waals surface area contributed by atoms with Crippen molar-refractivity contribution in [1.29, 1.82) is 0 Å². The molecule has 5 aromatic rings. The molecule has 6 nitrogen and oxygen atoms in total. The van der Waals surface area contributed by atoms with Crippen LogP contribution in [-0.4, -0.2) is 32.1 Å². The number of rotatable bonds is 5. The second-order valence-corrected chi connectivity index (χ2v) is 8.98. The van der Waals surface area contributed by atoms with Crippen molar-refractivity contribution in [3.8, 4) is 28.3 Å². The van der Waals surface area contributed by atoms with E-state index in [0.717, 1.165) is 60.7 Å². The first-order valence-corrected chi connectivity index (χ1v) is 11.7. The first-order chi connectivity index (χ1) is 17.4. The Kier molecular flexibility index (Phi) is 6.06. The minimum atomic E-state index is -0.339. The molecule has 5 rings (SSSR count).